The van der Waals surface area contributed by atoms with Gasteiger partial charge in [-0.3, -0.25) is 4.98 Å². The first kappa shape index (κ1) is 12.7. The van der Waals surface area contributed by atoms with E-state index in [9.17, 15) is 0 Å². The fraction of sp³-hybridized carbons (Fsp3) is 0.400. The Balaban J connectivity index is 2.18. The number of hydrogen-bond acceptors (Lipinski definition) is 3. The quantitative estimate of drug-likeness (QED) is 0.927. The molecule has 2 aromatic rings. The largest absolute Gasteiger partial charge is 0.396 e. The fourth-order valence-electron chi connectivity index (χ4n) is 2.59. The SMILES string of the molecule is CCCN(c1c(N)cnc2ccc(Br)cc12)C1CC1. The van der Waals surface area contributed by atoms with Gasteiger partial charge in [0.1, 0.15) is 0 Å². The highest BCUT2D eigenvalue weighted by Crippen LogP contribution is 2.39. The van der Waals surface area contributed by atoms with Crippen LogP contribution in [0.3, 0.4) is 0 Å². The molecule has 2 N–H and O–H groups in total. The van der Waals surface area contributed by atoms with Crippen LogP contribution in [0.25, 0.3) is 10.9 Å². The van der Waals surface area contributed by atoms with Crippen LogP contribution in [0.5, 0.6) is 0 Å². The number of nitrogens with zero attached hydrogens (tertiary/aromatic N) is 2. The topological polar surface area (TPSA) is 42.1 Å². The number of pyridine rings is 1. The predicted octanol–water partition coefficient (Wildman–Crippen LogP) is 3.96. The predicted molar refractivity (Wildman–Crippen MR) is 84.5 cm³/mol. The minimum Gasteiger partial charge on any atom is -0.396 e. The second-order valence-electron chi connectivity index (χ2n) is 5.15. The van der Waals surface area contributed by atoms with Crippen LogP contribution in [0, 0.1) is 0 Å². The molecule has 100 valence electrons. The number of anilines is 2. The molecule has 19 heavy (non-hydrogen) atoms. The lowest BCUT2D eigenvalue weighted by Crippen LogP contribution is -2.27. The van der Waals surface area contributed by atoms with Crippen molar-refractivity contribution in [1.29, 1.82) is 0 Å². The first-order valence-electron chi connectivity index (χ1n) is 6.81. The van der Waals surface area contributed by atoms with Gasteiger partial charge in [-0.2, -0.15) is 0 Å². The molecule has 1 heterocycles. The number of nitrogens with two attached hydrogens (primary N) is 1. The lowest BCUT2D eigenvalue weighted by molar-refractivity contribution is 0.766. The Hall–Kier alpha value is -1.29. The van der Waals surface area contributed by atoms with Gasteiger partial charge in [-0.05, 0) is 37.5 Å². The first-order chi connectivity index (χ1) is 9.20. The highest BCUT2D eigenvalue weighted by Gasteiger charge is 2.30. The highest BCUT2D eigenvalue weighted by atomic mass is 79.9. The van der Waals surface area contributed by atoms with Crippen molar-refractivity contribution in [3.8, 4) is 0 Å². The van der Waals surface area contributed by atoms with Crippen LogP contribution in [-0.4, -0.2) is 17.6 Å². The highest BCUT2D eigenvalue weighted by molar-refractivity contribution is 9.10. The van der Waals surface area contributed by atoms with Gasteiger partial charge in [-0.1, -0.05) is 22.9 Å². The van der Waals surface area contributed by atoms with E-state index in [1.807, 2.05) is 12.1 Å². The number of rotatable bonds is 4. The summed E-state index contributed by atoms with van der Waals surface area (Å²) in [5, 5.41) is 1.15. The van der Waals surface area contributed by atoms with E-state index in [4.69, 9.17) is 5.73 Å². The molecule has 1 aliphatic carbocycles. The number of benzene rings is 1. The number of nitrogen functional groups attached to an aromatic ring is 1. The van der Waals surface area contributed by atoms with Crippen LogP contribution in [0.4, 0.5) is 11.4 Å². The summed E-state index contributed by atoms with van der Waals surface area (Å²) in [7, 11) is 0. The van der Waals surface area contributed by atoms with Crippen LogP contribution >= 0.6 is 15.9 Å². The molecule has 0 unspecified atom stereocenters. The Morgan fingerprint density at radius 3 is 2.89 bits per heavy atom. The van der Waals surface area contributed by atoms with Crippen LogP contribution in [0.15, 0.2) is 28.9 Å². The molecule has 0 atom stereocenters. The maximum atomic E-state index is 6.21. The zero-order valence-electron chi connectivity index (χ0n) is 11.1. The van der Waals surface area contributed by atoms with Crippen LogP contribution < -0.4 is 10.6 Å². The maximum Gasteiger partial charge on any atom is 0.0745 e. The number of halogens is 1. The van der Waals surface area contributed by atoms with Crippen LogP contribution in [-0.2, 0) is 0 Å². The lowest BCUT2D eigenvalue weighted by atomic mass is 10.1. The third kappa shape index (κ3) is 2.41. The van der Waals surface area contributed by atoms with E-state index in [1.54, 1.807) is 6.20 Å². The Bertz CT molecular complexity index is 602. The lowest BCUT2D eigenvalue weighted by Gasteiger charge is -2.27. The monoisotopic (exact) mass is 319 g/mol. The molecule has 1 saturated carbocycles. The summed E-state index contributed by atoms with van der Waals surface area (Å²) < 4.78 is 1.07. The molecule has 0 spiro atoms. The van der Waals surface area contributed by atoms with Crippen LogP contribution in [0.2, 0.25) is 0 Å². The van der Waals surface area contributed by atoms with Gasteiger partial charge in [0.05, 0.1) is 23.1 Å². The molecular formula is C15H18BrN3. The van der Waals surface area contributed by atoms with Crippen molar-refractivity contribution in [3.05, 3.63) is 28.9 Å². The van der Waals surface area contributed by atoms with Crippen molar-refractivity contribution in [1.82, 2.24) is 4.98 Å². The number of aromatic nitrogens is 1. The number of fused-ring (bicyclic) bond motifs is 1. The summed E-state index contributed by atoms with van der Waals surface area (Å²) >= 11 is 3.54. The molecule has 1 aliphatic rings. The Labute approximate surface area is 121 Å². The molecule has 0 aliphatic heterocycles. The van der Waals surface area contributed by atoms with Crippen molar-refractivity contribution >= 4 is 38.2 Å². The van der Waals surface area contributed by atoms with Gasteiger partial charge in [0.25, 0.3) is 0 Å². The van der Waals surface area contributed by atoms with Gasteiger partial charge >= 0.3 is 0 Å². The molecule has 3 rings (SSSR count). The molecule has 0 saturated heterocycles. The number of hydrogen-bond donors (Lipinski definition) is 1. The molecule has 4 heteroatoms. The summed E-state index contributed by atoms with van der Waals surface area (Å²) in [4.78, 5) is 6.90. The Morgan fingerprint density at radius 1 is 1.42 bits per heavy atom. The minimum atomic E-state index is 0.659. The second-order valence-corrected chi connectivity index (χ2v) is 6.06. The fourth-order valence-corrected chi connectivity index (χ4v) is 2.95. The molecule has 0 amide bonds. The van der Waals surface area contributed by atoms with E-state index >= 15 is 0 Å². The van der Waals surface area contributed by atoms with Crippen LogP contribution in [0.1, 0.15) is 26.2 Å². The van der Waals surface area contributed by atoms with Gasteiger partial charge in [0, 0.05) is 22.4 Å². The van der Waals surface area contributed by atoms with Crippen molar-refractivity contribution in [2.75, 3.05) is 17.2 Å². The third-order valence-electron chi connectivity index (χ3n) is 3.57. The van der Waals surface area contributed by atoms with Gasteiger partial charge in [-0.25, -0.2) is 0 Å². The summed E-state index contributed by atoms with van der Waals surface area (Å²) in [6.07, 6.45) is 5.47. The average Bonchev–Trinajstić information content (AvgIpc) is 3.21. The zero-order valence-corrected chi connectivity index (χ0v) is 12.7. The molecule has 1 aromatic carbocycles. The van der Waals surface area contributed by atoms with Crippen molar-refractivity contribution in [2.45, 2.75) is 32.2 Å². The van der Waals surface area contributed by atoms with Gasteiger partial charge < -0.3 is 10.6 Å². The van der Waals surface area contributed by atoms with E-state index in [0.29, 0.717) is 6.04 Å². The van der Waals surface area contributed by atoms with E-state index < -0.39 is 0 Å². The standard InChI is InChI=1S/C15H18BrN3/c1-2-7-19(11-4-5-11)15-12-8-10(16)3-6-14(12)18-9-13(15)17/h3,6,8-9,11H,2,4-5,7,17H2,1H3. The van der Waals surface area contributed by atoms with E-state index in [0.717, 1.165) is 39.7 Å². The minimum absolute atomic E-state index is 0.659. The Morgan fingerprint density at radius 2 is 2.21 bits per heavy atom. The smallest absolute Gasteiger partial charge is 0.0745 e. The average molecular weight is 320 g/mol. The summed E-state index contributed by atoms with van der Waals surface area (Å²) in [5.74, 6) is 0. The van der Waals surface area contributed by atoms with Crippen molar-refractivity contribution < 1.29 is 0 Å². The molecule has 0 bridgehead atoms. The molecule has 1 aromatic heterocycles. The van der Waals surface area contributed by atoms with Gasteiger partial charge in [0.2, 0.25) is 0 Å². The van der Waals surface area contributed by atoms with Crippen molar-refractivity contribution in [3.63, 3.8) is 0 Å². The first-order valence-corrected chi connectivity index (χ1v) is 7.60. The van der Waals surface area contributed by atoms with E-state index in [-0.39, 0.29) is 0 Å². The summed E-state index contributed by atoms with van der Waals surface area (Å²) in [6.45, 7) is 3.27. The normalized spacial score (nSPS) is 14.8. The maximum absolute atomic E-state index is 6.21. The van der Waals surface area contributed by atoms with E-state index in [2.05, 4.69) is 38.8 Å². The summed E-state index contributed by atoms with van der Waals surface area (Å²) in [6, 6.07) is 6.85. The summed E-state index contributed by atoms with van der Waals surface area (Å²) in [5.41, 5.74) is 9.17. The van der Waals surface area contributed by atoms with Crippen molar-refractivity contribution in [2.24, 2.45) is 0 Å². The molecule has 1 fully saturated rings. The third-order valence-corrected chi connectivity index (χ3v) is 4.06. The van der Waals surface area contributed by atoms with E-state index in [1.165, 1.54) is 12.8 Å². The molecular weight excluding hydrogens is 302 g/mol. The molecule has 0 radical (unpaired) electrons. The Kier molecular flexibility index (Phi) is 3.35. The molecule has 3 nitrogen and oxygen atoms in total. The zero-order chi connectivity index (χ0) is 13.4. The second kappa shape index (κ2) is 5.00. The van der Waals surface area contributed by atoms with Gasteiger partial charge in [0.15, 0.2) is 0 Å². The van der Waals surface area contributed by atoms with Gasteiger partial charge in [-0.15, -0.1) is 0 Å².